The molecule has 46 valence electrons. The molecule has 0 fully saturated rings. The SMILES string of the molecule is C=C1C=CC=CCC1=C. The van der Waals surface area contributed by atoms with Crippen molar-refractivity contribution in [3.05, 3.63) is 48.6 Å². The number of allylic oxidation sites excluding steroid dienone is 6. The van der Waals surface area contributed by atoms with Crippen molar-refractivity contribution in [2.45, 2.75) is 6.42 Å². The summed E-state index contributed by atoms with van der Waals surface area (Å²) in [5.74, 6) is 0. The Balaban J connectivity index is 2.81. The molecule has 1 aliphatic rings. The molecule has 0 atom stereocenters. The first kappa shape index (κ1) is 6.09. The van der Waals surface area contributed by atoms with Gasteiger partial charge in [0, 0.05) is 0 Å². The Labute approximate surface area is 55.9 Å². The van der Waals surface area contributed by atoms with Crippen molar-refractivity contribution < 1.29 is 0 Å². The average molecular weight is 118 g/mol. The molecule has 0 radical (unpaired) electrons. The minimum Gasteiger partial charge on any atom is -0.0949 e. The van der Waals surface area contributed by atoms with Crippen LogP contribution in [-0.4, -0.2) is 0 Å². The third-order valence-corrected chi connectivity index (χ3v) is 1.36. The summed E-state index contributed by atoms with van der Waals surface area (Å²) in [5.41, 5.74) is 2.15. The van der Waals surface area contributed by atoms with Crippen LogP contribution in [0.1, 0.15) is 6.42 Å². The first-order valence-corrected chi connectivity index (χ1v) is 3.01. The van der Waals surface area contributed by atoms with E-state index in [0.29, 0.717) is 0 Å². The second-order valence-corrected chi connectivity index (χ2v) is 2.12. The quantitative estimate of drug-likeness (QED) is 0.458. The van der Waals surface area contributed by atoms with E-state index in [1.54, 1.807) is 0 Å². The van der Waals surface area contributed by atoms with Crippen molar-refractivity contribution in [2.24, 2.45) is 0 Å². The van der Waals surface area contributed by atoms with Gasteiger partial charge in [0.15, 0.2) is 0 Å². The van der Waals surface area contributed by atoms with Crippen LogP contribution in [-0.2, 0) is 0 Å². The Bertz CT molecular complexity index is 192. The molecule has 0 saturated heterocycles. The lowest BCUT2D eigenvalue weighted by Crippen LogP contribution is -1.77. The van der Waals surface area contributed by atoms with Crippen molar-refractivity contribution in [1.82, 2.24) is 0 Å². The fraction of sp³-hybridized carbons (Fsp3) is 0.111. The van der Waals surface area contributed by atoms with Gasteiger partial charge in [0.25, 0.3) is 0 Å². The average Bonchev–Trinajstić information content (AvgIpc) is 1.99. The van der Waals surface area contributed by atoms with Crippen LogP contribution in [0, 0.1) is 0 Å². The monoisotopic (exact) mass is 118 g/mol. The standard InChI is InChI=1S/C9H10/c1-8-6-4-3-5-7-9(8)2/h3-6H,1-2,7H2. The predicted molar refractivity (Wildman–Crippen MR) is 41.2 cm³/mol. The second-order valence-electron chi connectivity index (χ2n) is 2.12. The fourth-order valence-electron chi connectivity index (χ4n) is 0.710. The van der Waals surface area contributed by atoms with Crippen LogP contribution in [0.15, 0.2) is 48.6 Å². The molecule has 0 bridgehead atoms. The first-order valence-electron chi connectivity index (χ1n) is 3.01. The van der Waals surface area contributed by atoms with Crippen LogP contribution in [0.25, 0.3) is 0 Å². The highest BCUT2D eigenvalue weighted by molar-refractivity contribution is 5.40. The zero-order valence-electron chi connectivity index (χ0n) is 5.43. The summed E-state index contributed by atoms with van der Waals surface area (Å²) < 4.78 is 0. The van der Waals surface area contributed by atoms with Gasteiger partial charge < -0.3 is 0 Å². The Kier molecular flexibility index (Phi) is 1.69. The summed E-state index contributed by atoms with van der Waals surface area (Å²) in [6.45, 7) is 7.68. The van der Waals surface area contributed by atoms with E-state index in [0.717, 1.165) is 17.6 Å². The van der Waals surface area contributed by atoms with Crippen molar-refractivity contribution in [3.8, 4) is 0 Å². The smallest absolute Gasteiger partial charge is 0.00945 e. The summed E-state index contributed by atoms with van der Waals surface area (Å²) in [6.07, 6.45) is 9.00. The number of hydrogen-bond acceptors (Lipinski definition) is 0. The zero-order valence-corrected chi connectivity index (χ0v) is 5.43. The lowest BCUT2D eigenvalue weighted by atomic mass is 10.1. The van der Waals surface area contributed by atoms with E-state index in [2.05, 4.69) is 19.2 Å². The van der Waals surface area contributed by atoms with Gasteiger partial charge in [-0.15, -0.1) is 0 Å². The molecule has 0 aromatic carbocycles. The van der Waals surface area contributed by atoms with Crippen molar-refractivity contribution in [3.63, 3.8) is 0 Å². The van der Waals surface area contributed by atoms with Crippen molar-refractivity contribution >= 4 is 0 Å². The molecule has 0 aromatic rings. The molecule has 0 unspecified atom stereocenters. The molecule has 1 rings (SSSR count). The first-order chi connectivity index (χ1) is 4.30. The third-order valence-electron chi connectivity index (χ3n) is 1.36. The molecule has 0 heterocycles. The number of hydrogen-bond donors (Lipinski definition) is 0. The lowest BCUT2D eigenvalue weighted by molar-refractivity contribution is 1.28. The highest BCUT2D eigenvalue weighted by Crippen LogP contribution is 2.14. The molecule has 0 spiro atoms. The maximum atomic E-state index is 3.85. The normalized spacial score (nSPS) is 18.2. The Hall–Kier alpha value is -1.04. The van der Waals surface area contributed by atoms with Crippen molar-refractivity contribution in [2.75, 3.05) is 0 Å². The third kappa shape index (κ3) is 1.43. The summed E-state index contributed by atoms with van der Waals surface area (Å²) in [7, 11) is 0. The van der Waals surface area contributed by atoms with E-state index < -0.39 is 0 Å². The Morgan fingerprint density at radius 1 is 1.22 bits per heavy atom. The Morgan fingerprint density at radius 2 is 2.00 bits per heavy atom. The van der Waals surface area contributed by atoms with Gasteiger partial charge >= 0.3 is 0 Å². The largest absolute Gasteiger partial charge is 0.0949 e. The van der Waals surface area contributed by atoms with Crippen LogP contribution in [0.2, 0.25) is 0 Å². The molecule has 1 aliphatic carbocycles. The molecule has 0 aliphatic heterocycles. The van der Waals surface area contributed by atoms with Gasteiger partial charge in [0.05, 0.1) is 0 Å². The molecule has 0 amide bonds. The molecule has 0 N–H and O–H groups in total. The molecule has 0 saturated carbocycles. The van der Waals surface area contributed by atoms with Crippen LogP contribution in [0.4, 0.5) is 0 Å². The second kappa shape index (κ2) is 2.49. The lowest BCUT2D eigenvalue weighted by Gasteiger charge is -1.96. The fourth-order valence-corrected chi connectivity index (χ4v) is 0.710. The topological polar surface area (TPSA) is 0 Å². The Morgan fingerprint density at radius 3 is 2.78 bits per heavy atom. The van der Waals surface area contributed by atoms with Crippen LogP contribution in [0.5, 0.6) is 0 Å². The van der Waals surface area contributed by atoms with Crippen LogP contribution < -0.4 is 0 Å². The number of rotatable bonds is 0. The molecular weight excluding hydrogens is 108 g/mol. The minimum absolute atomic E-state index is 0.936. The molecular formula is C9H10. The predicted octanol–water partition coefficient (Wildman–Crippen LogP) is 2.61. The van der Waals surface area contributed by atoms with Gasteiger partial charge in [-0.1, -0.05) is 37.5 Å². The van der Waals surface area contributed by atoms with Gasteiger partial charge in [-0.2, -0.15) is 0 Å². The minimum atomic E-state index is 0.936. The van der Waals surface area contributed by atoms with Crippen LogP contribution >= 0.6 is 0 Å². The van der Waals surface area contributed by atoms with Crippen LogP contribution in [0.3, 0.4) is 0 Å². The molecule has 0 aromatic heterocycles. The van der Waals surface area contributed by atoms with E-state index >= 15 is 0 Å². The maximum absolute atomic E-state index is 3.85. The van der Waals surface area contributed by atoms with E-state index in [1.165, 1.54) is 0 Å². The highest BCUT2D eigenvalue weighted by atomic mass is 14.0. The van der Waals surface area contributed by atoms with Crippen molar-refractivity contribution in [1.29, 1.82) is 0 Å². The van der Waals surface area contributed by atoms with Gasteiger partial charge in [-0.25, -0.2) is 0 Å². The molecule has 0 heteroatoms. The summed E-state index contributed by atoms with van der Waals surface area (Å²) in [5, 5.41) is 0. The van der Waals surface area contributed by atoms with E-state index in [-0.39, 0.29) is 0 Å². The molecule has 0 nitrogen and oxygen atoms in total. The molecule has 9 heavy (non-hydrogen) atoms. The maximum Gasteiger partial charge on any atom is -0.00945 e. The highest BCUT2D eigenvalue weighted by Gasteiger charge is 1.94. The van der Waals surface area contributed by atoms with Gasteiger partial charge in [0.1, 0.15) is 0 Å². The summed E-state index contributed by atoms with van der Waals surface area (Å²) >= 11 is 0. The zero-order chi connectivity index (χ0) is 6.69. The van der Waals surface area contributed by atoms with Gasteiger partial charge in [-0.05, 0) is 17.6 Å². The summed E-state index contributed by atoms with van der Waals surface area (Å²) in [6, 6.07) is 0. The summed E-state index contributed by atoms with van der Waals surface area (Å²) in [4.78, 5) is 0. The van der Waals surface area contributed by atoms with Gasteiger partial charge in [-0.3, -0.25) is 0 Å². The van der Waals surface area contributed by atoms with E-state index in [4.69, 9.17) is 0 Å². The van der Waals surface area contributed by atoms with E-state index in [9.17, 15) is 0 Å². The van der Waals surface area contributed by atoms with E-state index in [1.807, 2.05) is 18.2 Å². The van der Waals surface area contributed by atoms with Gasteiger partial charge in [0.2, 0.25) is 0 Å².